The van der Waals surface area contributed by atoms with Gasteiger partial charge in [0.15, 0.2) is 0 Å². The first-order chi connectivity index (χ1) is 13.9. The predicted molar refractivity (Wildman–Crippen MR) is 118 cm³/mol. The molecule has 1 N–H and O–H groups in total. The molecule has 0 aliphatic carbocycles. The van der Waals surface area contributed by atoms with Gasteiger partial charge in [0.25, 0.3) is 0 Å². The molecule has 0 saturated carbocycles. The van der Waals surface area contributed by atoms with Crippen LogP contribution in [-0.2, 0) is 16.1 Å². The highest BCUT2D eigenvalue weighted by Gasteiger charge is 2.25. The molecule has 0 unspecified atom stereocenters. The minimum atomic E-state index is -0.533. The van der Waals surface area contributed by atoms with Crippen LogP contribution in [0.2, 0.25) is 0 Å². The summed E-state index contributed by atoms with van der Waals surface area (Å²) in [6.45, 7) is 6.63. The molecule has 2 aromatic rings. The molecule has 0 aromatic heterocycles. The molecule has 2 amide bonds. The molecular weight excluding hydrogens is 384 g/mol. The van der Waals surface area contributed by atoms with Gasteiger partial charge in [-0.05, 0) is 50.6 Å². The minimum Gasteiger partial charge on any atom is -0.497 e. The second-order valence-corrected chi connectivity index (χ2v) is 8.02. The van der Waals surface area contributed by atoms with Gasteiger partial charge in [0.05, 0.1) is 7.11 Å². The zero-order valence-corrected chi connectivity index (χ0v) is 18.4. The fraction of sp³-hybridized carbons (Fsp3) is 0.391. The van der Waals surface area contributed by atoms with Crippen LogP contribution < -0.4 is 10.1 Å². The van der Waals surface area contributed by atoms with Gasteiger partial charge in [-0.25, -0.2) is 0 Å². The van der Waals surface area contributed by atoms with Gasteiger partial charge in [-0.15, -0.1) is 11.8 Å². The lowest BCUT2D eigenvalue weighted by Gasteiger charge is -2.28. The van der Waals surface area contributed by atoms with Crippen molar-refractivity contribution in [3.05, 3.63) is 59.7 Å². The number of aryl methyl sites for hydroxylation is 1. The predicted octanol–water partition coefficient (Wildman–Crippen LogP) is 4.04. The van der Waals surface area contributed by atoms with E-state index in [0.29, 0.717) is 25.3 Å². The lowest BCUT2D eigenvalue weighted by atomic mass is 10.1. The molecule has 156 valence electrons. The molecule has 0 fully saturated rings. The summed E-state index contributed by atoms with van der Waals surface area (Å²) in [7, 11) is 1.62. The Bertz CT molecular complexity index is 791. The second kappa shape index (κ2) is 11.5. The normalized spacial score (nSPS) is 11.6. The van der Waals surface area contributed by atoms with Crippen molar-refractivity contribution in [3.63, 3.8) is 0 Å². The first kappa shape index (κ1) is 22.8. The second-order valence-electron chi connectivity index (χ2n) is 6.85. The Morgan fingerprint density at radius 1 is 1.10 bits per heavy atom. The Morgan fingerprint density at radius 3 is 2.34 bits per heavy atom. The maximum Gasteiger partial charge on any atom is 0.242 e. The molecule has 6 heteroatoms. The quantitative estimate of drug-likeness (QED) is 0.596. The summed E-state index contributed by atoms with van der Waals surface area (Å²) in [6.07, 6.45) is 0.373. The summed E-state index contributed by atoms with van der Waals surface area (Å²) in [5, 5.41) is 2.81. The number of likely N-dealkylation sites (N-methyl/N-ethyl adjacent to an activating group) is 1. The van der Waals surface area contributed by atoms with Crippen molar-refractivity contribution in [3.8, 4) is 5.75 Å². The van der Waals surface area contributed by atoms with Crippen molar-refractivity contribution in [1.29, 1.82) is 0 Å². The fourth-order valence-electron chi connectivity index (χ4n) is 2.87. The number of nitrogens with zero attached hydrogens (tertiary/aromatic N) is 1. The zero-order valence-electron chi connectivity index (χ0n) is 17.6. The summed E-state index contributed by atoms with van der Waals surface area (Å²) >= 11 is 1.65. The Morgan fingerprint density at radius 2 is 1.76 bits per heavy atom. The molecule has 0 bridgehead atoms. The van der Waals surface area contributed by atoms with E-state index in [2.05, 4.69) is 36.5 Å². The van der Waals surface area contributed by atoms with E-state index >= 15 is 0 Å². The summed E-state index contributed by atoms with van der Waals surface area (Å²) in [4.78, 5) is 28.1. The maximum atomic E-state index is 13.0. The average Bonchev–Trinajstić information content (AvgIpc) is 2.73. The van der Waals surface area contributed by atoms with Crippen LogP contribution in [0.4, 0.5) is 0 Å². The van der Waals surface area contributed by atoms with Gasteiger partial charge in [0.1, 0.15) is 11.8 Å². The van der Waals surface area contributed by atoms with Gasteiger partial charge < -0.3 is 15.0 Å². The number of carbonyl (C=O) groups is 2. The van der Waals surface area contributed by atoms with Crippen LogP contribution >= 0.6 is 11.8 Å². The van der Waals surface area contributed by atoms with Crippen LogP contribution in [0.5, 0.6) is 5.75 Å². The maximum absolute atomic E-state index is 13.0. The van der Waals surface area contributed by atoms with Gasteiger partial charge in [0.2, 0.25) is 11.8 Å². The van der Waals surface area contributed by atoms with Gasteiger partial charge in [-0.1, -0.05) is 29.8 Å². The average molecular weight is 415 g/mol. The molecular formula is C23H30N2O3S. The number of rotatable bonds is 10. The van der Waals surface area contributed by atoms with E-state index in [1.54, 1.807) is 30.7 Å². The minimum absolute atomic E-state index is 0.0285. The van der Waals surface area contributed by atoms with Gasteiger partial charge >= 0.3 is 0 Å². The van der Waals surface area contributed by atoms with E-state index in [1.165, 1.54) is 5.56 Å². The largest absolute Gasteiger partial charge is 0.497 e. The van der Waals surface area contributed by atoms with E-state index in [0.717, 1.165) is 16.2 Å². The zero-order chi connectivity index (χ0) is 21.2. The lowest BCUT2D eigenvalue weighted by molar-refractivity contribution is -0.140. The van der Waals surface area contributed by atoms with Crippen LogP contribution in [0, 0.1) is 6.92 Å². The summed E-state index contributed by atoms with van der Waals surface area (Å²) < 4.78 is 5.19. The molecule has 0 radical (unpaired) electrons. The van der Waals surface area contributed by atoms with E-state index in [-0.39, 0.29) is 11.8 Å². The highest BCUT2D eigenvalue weighted by molar-refractivity contribution is 7.99. The third-order valence-corrected chi connectivity index (χ3v) is 5.65. The highest BCUT2D eigenvalue weighted by Crippen LogP contribution is 2.21. The van der Waals surface area contributed by atoms with Crippen LogP contribution in [-0.4, -0.2) is 42.2 Å². The lowest BCUT2D eigenvalue weighted by Crippen LogP contribution is -2.47. The first-order valence-electron chi connectivity index (χ1n) is 9.84. The van der Waals surface area contributed by atoms with Crippen molar-refractivity contribution in [2.45, 2.75) is 44.7 Å². The molecule has 5 nitrogen and oxygen atoms in total. The van der Waals surface area contributed by atoms with Crippen molar-refractivity contribution in [2.75, 3.05) is 19.4 Å². The van der Waals surface area contributed by atoms with Crippen LogP contribution in [0.25, 0.3) is 0 Å². The number of nitrogens with one attached hydrogen (secondary N) is 1. The van der Waals surface area contributed by atoms with Crippen molar-refractivity contribution in [2.24, 2.45) is 0 Å². The Hall–Kier alpha value is -2.47. The Labute approximate surface area is 177 Å². The molecule has 2 aromatic carbocycles. The van der Waals surface area contributed by atoms with Crippen LogP contribution in [0.1, 0.15) is 31.4 Å². The number of carbonyl (C=O) groups excluding carboxylic acids is 2. The van der Waals surface area contributed by atoms with Crippen molar-refractivity contribution < 1.29 is 14.3 Å². The number of benzene rings is 2. The number of amides is 2. The Balaban J connectivity index is 2.04. The van der Waals surface area contributed by atoms with Crippen molar-refractivity contribution >= 4 is 23.6 Å². The third kappa shape index (κ3) is 7.13. The Kier molecular flexibility index (Phi) is 9.06. The van der Waals surface area contributed by atoms with Crippen LogP contribution in [0.15, 0.2) is 53.4 Å². The molecule has 2 rings (SSSR count). The monoisotopic (exact) mass is 414 g/mol. The van der Waals surface area contributed by atoms with Crippen molar-refractivity contribution in [1.82, 2.24) is 10.2 Å². The standard InChI is InChI=1S/C23H30N2O3S/c1-5-24-23(27)18(3)25(16-19-8-10-20(28-4)11-9-19)22(26)14-15-29-21-12-6-17(2)7-13-21/h6-13,18H,5,14-16H2,1-4H3,(H,24,27)/t18-/m0/s1. The van der Waals surface area contributed by atoms with E-state index in [1.807, 2.05) is 31.2 Å². The number of ether oxygens (including phenoxy) is 1. The molecule has 29 heavy (non-hydrogen) atoms. The summed E-state index contributed by atoms with van der Waals surface area (Å²) in [5.74, 6) is 1.26. The third-order valence-electron chi connectivity index (χ3n) is 4.64. The SMILES string of the molecule is CCNC(=O)[C@H](C)N(Cc1ccc(OC)cc1)C(=O)CCSc1ccc(C)cc1. The van der Waals surface area contributed by atoms with Gasteiger partial charge in [-0.3, -0.25) is 9.59 Å². The summed E-state index contributed by atoms with van der Waals surface area (Å²) in [5.41, 5.74) is 2.17. The highest BCUT2D eigenvalue weighted by atomic mass is 32.2. The molecule has 0 aliphatic heterocycles. The number of methoxy groups -OCH3 is 1. The fourth-order valence-corrected chi connectivity index (χ4v) is 3.71. The van der Waals surface area contributed by atoms with E-state index < -0.39 is 6.04 Å². The number of hydrogen-bond donors (Lipinski definition) is 1. The summed E-state index contributed by atoms with van der Waals surface area (Å²) in [6, 6.07) is 15.3. The van der Waals surface area contributed by atoms with Gasteiger partial charge in [-0.2, -0.15) is 0 Å². The smallest absolute Gasteiger partial charge is 0.242 e. The van der Waals surface area contributed by atoms with E-state index in [9.17, 15) is 9.59 Å². The molecule has 1 atom stereocenters. The van der Waals surface area contributed by atoms with Gasteiger partial charge in [0, 0.05) is 30.2 Å². The molecule has 0 heterocycles. The first-order valence-corrected chi connectivity index (χ1v) is 10.8. The molecule has 0 saturated heterocycles. The molecule has 0 aliphatic rings. The van der Waals surface area contributed by atoms with E-state index in [4.69, 9.17) is 4.74 Å². The number of thioether (sulfide) groups is 1. The topological polar surface area (TPSA) is 58.6 Å². The number of hydrogen-bond acceptors (Lipinski definition) is 4. The van der Waals surface area contributed by atoms with Crippen LogP contribution in [0.3, 0.4) is 0 Å². The molecule has 0 spiro atoms.